The van der Waals surface area contributed by atoms with Crippen molar-refractivity contribution in [3.05, 3.63) is 0 Å². The molecule has 0 unspecified atom stereocenters. The Morgan fingerprint density at radius 2 is 1.93 bits per heavy atom. The van der Waals surface area contributed by atoms with Gasteiger partial charge in [-0.2, -0.15) is 0 Å². The van der Waals surface area contributed by atoms with Crippen molar-refractivity contribution in [3.8, 4) is 0 Å². The van der Waals surface area contributed by atoms with E-state index in [4.69, 9.17) is 4.74 Å². The van der Waals surface area contributed by atoms with Crippen LogP contribution in [0.1, 0.15) is 46.5 Å². The van der Waals surface area contributed by atoms with E-state index < -0.39 is 0 Å². The Kier molecular flexibility index (Phi) is 4.90. The van der Waals surface area contributed by atoms with Gasteiger partial charge in [0.25, 0.3) is 0 Å². The van der Waals surface area contributed by atoms with E-state index in [-0.39, 0.29) is 5.60 Å². The average molecular weight is 199 g/mol. The van der Waals surface area contributed by atoms with Gasteiger partial charge < -0.3 is 10.1 Å². The quantitative estimate of drug-likeness (QED) is 0.636. The summed E-state index contributed by atoms with van der Waals surface area (Å²) in [5, 5.41) is 3.42. The van der Waals surface area contributed by atoms with Gasteiger partial charge in [-0.25, -0.2) is 0 Å². The Morgan fingerprint density at radius 1 is 1.21 bits per heavy atom. The standard InChI is InChI=1S/C12H25NO/c1-12(2,3)14-10-9-13-8-4-5-11-6-7-11/h11,13H,4-10H2,1-3H3. The molecule has 0 bridgehead atoms. The maximum Gasteiger partial charge on any atom is 0.0599 e. The summed E-state index contributed by atoms with van der Waals surface area (Å²) >= 11 is 0. The summed E-state index contributed by atoms with van der Waals surface area (Å²) in [6.45, 7) is 9.26. The fraction of sp³-hybridized carbons (Fsp3) is 1.00. The van der Waals surface area contributed by atoms with Crippen LogP contribution in [-0.2, 0) is 4.74 Å². The van der Waals surface area contributed by atoms with Gasteiger partial charge >= 0.3 is 0 Å². The summed E-state index contributed by atoms with van der Waals surface area (Å²) in [7, 11) is 0. The van der Waals surface area contributed by atoms with E-state index in [1.807, 2.05) is 0 Å². The molecule has 0 aromatic heterocycles. The number of ether oxygens (including phenoxy) is 1. The molecule has 0 aliphatic heterocycles. The molecular formula is C12H25NO. The molecule has 1 aliphatic rings. The van der Waals surface area contributed by atoms with E-state index in [0.29, 0.717) is 0 Å². The normalized spacial score (nSPS) is 17.4. The van der Waals surface area contributed by atoms with Crippen LogP contribution in [0.4, 0.5) is 0 Å². The Balaban J connectivity index is 1.75. The van der Waals surface area contributed by atoms with E-state index >= 15 is 0 Å². The second-order valence-electron chi connectivity index (χ2n) is 5.30. The van der Waals surface area contributed by atoms with Gasteiger partial charge in [0.2, 0.25) is 0 Å². The SMILES string of the molecule is CC(C)(C)OCCNCCCC1CC1. The molecule has 2 nitrogen and oxygen atoms in total. The van der Waals surface area contributed by atoms with Crippen LogP contribution >= 0.6 is 0 Å². The van der Waals surface area contributed by atoms with E-state index in [9.17, 15) is 0 Å². The molecule has 1 rings (SSSR count). The van der Waals surface area contributed by atoms with E-state index in [1.54, 1.807) is 0 Å². The van der Waals surface area contributed by atoms with Crippen LogP contribution in [0.2, 0.25) is 0 Å². The third-order valence-electron chi connectivity index (χ3n) is 2.48. The van der Waals surface area contributed by atoms with Gasteiger partial charge in [-0.3, -0.25) is 0 Å². The average Bonchev–Trinajstić information content (AvgIpc) is 2.84. The van der Waals surface area contributed by atoms with Crippen molar-refractivity contribution in [2.75, 3.05) is 19.7 Å². The summed E-state index contributed by atoms with van der Waals surface area (Å²) in [5.74, 6) is 1.07. The molecule has 0 spiro atoms. The minimum atomic E-state index is 0.00962. The van der Waals surface area contributed by atoms with E-state index in [0.717, 1.165) is 25.6 Å². The van der Waals surface area contributed by atoms with Crippen molar-refractivity contribution in [1.29, 1.82) is 0 Å². The maximum absolute atomic E-state index is 5.61. The first-order valence-corrected chi connectivity index (χ1v) is 5.92. The van der Waals surface area contributed by atoms with Crippen molar-refractivity contribution in [2.24, 2.45) is 5.92 Å². The van der Waals surface area contributed by atoms with E-state index in [1.165, 1.54) is 25.7 Å². The summed E-state index contributed by atoms with van der Waals surface area (Å²) in [5.41, 5.74) is 0.00962. The smallest absolute Gasteiger partial charge is 0.0599 e. The van der Waals surface area contributed by atoms with Crippen molar-refractivity contribution in [3.63, 3.8) is 0 Å². The largest absolute Gasteiger partial charge is 0.375 e. The fourth-order valence-corrected chi connectivity index (χ4v) is 1.48. The Labute approximate surface area is 88.4 Å². The second-order valence-corrected chi connectivity index (χ2v) is 5.30. The number of rotatable bonds is 7. The molecule has 0 amide bonds. The van der Waals surface area contributed by atoms with Crippen LogP contribution in [0, 0.1) is 5.92 Å². The lowest BCUT2D eigenvalue weighted by Crippen LogP contribution is -2.27. The van der Waals surface area contributed by atoms with Crippen molar-refractivity contribution in [2.45, 2.75) is 52.1 Å². The summed E-state index contributed by atoms with van der Waals surface area (Å²) < 4.78 is 5.61. The fourth-order valence-electron chi connectivity index (χ4n) is 1.48. The molecule has 1 aliphatic carbocycles. The number of nitrogens with one attached hydrogen (secondary N) is 1. The van der Waals surface area contributed by atoms with Gasteiger partial charge in [-0.1, -0.05) is 12.8 Å². The molecule has 1 fully saturated rings. The van der Waals surface area contributed by atoms with Gasteiger partial charge in [0.15, 0.2) is 0 Å². The lowest BCUT2D eigenvalue weighted by Gasteiger charge is -2.19. The predicted octanol–water partition coefficient (Wildman–Crippen LogP) is 2.58. The minimum Gasteiger partial charge on any atom is -0.375 e. The lowest BCUT2D eigenvalue weighted by atomic mass is 10.2. The van der Waals surface area contributed by atoms with Crippen LogP contribution in [0.3, 0.4) is 0 Å². The maximum atomic E-state index is 5.61. The van der Waals surface area contributed by atoms with Crippen LogP contribution < -0.4 is 5.32 Å². The van der Waals surface area contributed by atoms with Crippen molar-refractivity contribution in [1.82, 2.24) is 5.32 Å². The van der Waals surface area contributed by atoms with Crippen molar-refractivity contribution < 1.29 is 4.74 Å². The molecule has 0 saturated heterocycles. The first kappa shape index (κ1) is 12.0. The Bertz CT molecular complexity index is 147. The highest BCUT2D eigenvalue weighted by Crippen LogP contribution is 2.33. The van der Waals surface area contributed by atoms with Gasteiger partial charge in [-0.05, 0) is 46.1 Å². The van der Waals surface area contributed by atoms with Gasteiger partial charge in [0.05, 0.1) is 12.2 Å². The predicted molar refractivity (Wildman–Crippen MR) is 60.5 cm³/mol. The zero-order chi connectivity index (χ0) is 10.4. The molecule has 2 heteroatoms. The topological polar surface area (TPSA) is 21.3 Å². The first-order valence-electron chi connectivity index (χ1n) is 5.92. The van der Waals surface area contributed by atoms with Crippen molar-refractivity contribution >= 4 is 0 Å². The lowest BCUT2D eigenvalue weighted by molar-refractivity contribution is -0.000760. The van der Waals surface area contributed by atoms with E-state index in [2.05, 4.69) is 26.1 Å². The second kappa shape index (κ2) is 5.72. The molecular weight excluding hydrogens is 174 g/mol. The highest BCUT2D eigenvalue weighted by molar-refractivity contribution is 4.72. The summed E-state index contributed by atoms with van der Waals surface area (Å²) in [6, 6.07) is 0. The molecule has 84 valence electrons. The molecule has 0 atom stereocenters. The minimum absolute atomic E-state index is 0.00962. The van der Waals surface area contributed by atoms with Crippen LogP contribution in [0.25, 0.3) is 0 Å². The molecule has 1 saturated carbocycles. The first-order chi connectivity index (χ1) is 6.58. The van der Waals surface area contributed by atoms with Gasteiger partial charge in [0.1, 0.15) is 0 Å². The molecule has 0 radical (unpaired) electrons. The van der Waals surface area contributed by atoms with Gasteiger partial charge in [-0.15, -0.1) is 0 Å². The highest BCUT2D eigenvalue weighted by Gasteiger charge is 2.19. The monoisotopic (exact) mass is 199 g/mol. The Morgan fingerprint density at radius 3 is 2.50 bits per heavy atom. The number of hydrogen-bond donors (Lipinski definition) is 1. The molecule has 14 heavy (non-hydrogen) atoms. The molecule has 0 aromatic carbocycles. The molecule has 1 N–H and O–H groups in total. The van der Waals surface area contributed by atoms with Crippen LogP contribution in [-0.4, -0.2) is 25.3 Å². The molecule has 0 heterocycles. The summed E-state index contributed by atoms with van der Waals surface area (Å²) in [6.07, 6.45) is 5.72. The third kappa shape index (κ3) is 7.34. The third-order valence-corrected chi connectivity index (χ3v) is 2.48. The van der Waals surface area contributed by atoms with Gasteiger partial charge in [0, 0.05) is 6.54 Å². The zero-order valence-electron chi connectivity index (χ0n) is 9.94. The zero-order valence-corrected chi connectivity index (χ0v) is 9.94. The van der Waals surface area contributed by atoms with Crippen LogP contribution in [0.15, 0.2) is 0 Å². The Hall–Kier alpha value is -0.0800. The summed E-state index contributed by atoms with van der Waals surface area (Å²) in [4.78, 5) is 0. The number of hydrogen-bond acceptors (Lipinski definition) is 2. The highest BCUT2D eigenvalue weighted by atomic mass is 16.5. The van der Waals surface area contributed by atoms with Crippen LogP contribution in [0.5, 0.6) is 0 Å². The molecule has 0 aromatic rings.